The third kappa shape index (κ3) is 2.40. The minimum absolute atomic E-state index is 0.126. The highest BCUT2D eigenvalue weighted by atomic mass is 19.4. The summed E-state index contributed by atoms with van der Waals surface area (Å²) in [5.74, 6) is -5.77. The van der Waals surface area contributed by atoms with Gasteiger partial charge in [-0.1, -0.05) is 0 Å². The van der Waals surface area contributed by atoms with Gasteiger partial charge in [-0.05, 0) is 26.0 Å². The van der Waals surface area contributed by atoms with E-state index in [-0.39, 0.29) is 11.3 Å². The van der Waals surface area contributed by atoms with Crippen LogP contribution in [0.2, 0.25) is 0 Å². The molecule has 0 aliphatic rings. The van der Waals surface area contributed by atoms with Crippen LogP contribution in [-0.4, -0.2) is 12.1 Å². The van der Waals surface area contributed by atoms with E-state index in [4.69, 9.17) is 4.42 Å². The number of nitrogens with one attached hydrogen (secondary N) is 1. The molecule has 1 atom stereocenters. The average Bonchev–Trinajstić information content (AvgIpc) is 2.83. The number of anilines is 1. The summed E-state index contributed by atoms with van der Waals surface area (Å²) in [5, 5.41) is 1.81. The molecule has 0 amide bonds. The molecular formula is C13H10F5NO3. The van der Waals surface area contributed by atoms with Gasteiger partial charge in [-0.15, -0.1) is 0 Å². The Morgan fingerprint density at radius 2 is 1.64 bits per heavy atom. The second-order valence-corrected chi connectivity index (χ2v) is 4.80. The quantitative estimate of drug-likeness (QED) is 0.694. The molecule has 1 heterocycles. The summed E-state index contributed by atoms with van der Waals surface area (Å²) in [7, 11) is 0. The molecule has 1 aromatic heterocycles. The van der Waals surface area contributed by atoms with Crippen LogP contribution in [0.25, 0.3) is 0 Å². The Balaban J connectivity index is 2.48. The summed E-state index contributed by atoms with van der Waals surface area (Å²) in [6, 6.07) is -0.484. The molecule has 0 fully saturated rings. The monoisotopic (exact) mass is 323 g/mol. The highest BCUT2D eigenvalue weighted by Gasteiger charge is 2.64. The lowest BCUT2D eigenvalue weighted by Crippen LogP contribution is -2.47. The van der Waals surface area contributed by atoms with Crippen molar-refractivity contribution < 1.29 is 26.4 Å². The van der Waals surface area contributed by atoms with Crippen LogP contribution < -0.4 is 16.2 Å². The fraction of sp³-hybridized carbons (Fsp3) is 0.385. The predicted octanol–water partition coefficient (Wildman–Crippen LogP) is 2.84. The maximum Gasteiger partial charge on any atom is 0.456 e. The molecule has 0 unspecified atom stereocenters. The van der Waals surface area contributed by atoms with Crippen LogP contribution >= 0.6 is 0 Å². The van der Waals surface area contributed by atoms with Gasteiger partial charge in [-0.25, -0.2) is 0 Å². The van der Waals surface area contributed by atoms with Gasteiger partial charge in [0.05, 0.1) is 5.69 Å². The van der Waals surface area contributed by atoms with Crippen LogP contribution in [0.3, 0.4) is 0 Å². The topological polar surface area (TPSA) is 59.3 Å². The zero-order chi connectivity index (χ0) is 16.9. The van der Waals surface area contributed by atoms with Crippen LogP contribution in [0.1, 0.15) is 23.1 Å². The second kappa shape index (κ2) is 4.92. The van der Waals surface area contributed by atoms with Crippen molar-refractivity contribution in [1.29, 1.82) is 0 Å². The maximum absolute atomic E-state index is 13.7. The van der Waals surface area contributed by atoms with Crippen LogP contribution in [-0.2, 0) is 0 Å². The van der Waals surface area contributed by atoms with Gasteiger partial charge in [0.25, 0.3) is 0 Å². The van der Waals surface area contributed by atoms with Gasteiger partial charge in [-0.3, -0.25) is 9.59 Å². The lowest BCUT2D eigenvalue weighted by molar-refractivity contribution is -0.290. The van der Waals surface area contributed by atoms with Crippen LogP contribution in [0.5, 0.6) is 0 Å². The first-order valence-electron chi connectivity index (χ1n) is 6.04. The second-order valence-electron chi connectivity index (χ2n) is 4.80. The van der Waals surface area contributed by atoms with Gasteiger partial charge in [0.2, 0.25) is 10.9 Å². The zero-order valence-corrected chi connectivity index (χ0v) is 11.3. The number of hydrogen-bond acceptors (Lipinski definition) is 4. The molecule has 4 nitrogen and oxygen atoms in total. The summed E-state index contributed by atoms with van der Waals surface area (Å²) in [6.45, 7) is 2.52. The molecule has 0 radical (unpaired) electrons. The van der Waals surface area contributed by atoms with Crippen molar-refractivity contribution >= 4 is 5.69 Å². The fourth-order valence-corrected chi connectivity index (χ4v) is 1.94. The van der Waals surface area contributed by atoms with Crippen LogP contribution in [0, 0.1) is 13.8 Å². The summed E-state index contributed by atoms with van der Waals surface area (Å²) < 4.78 is 70.1. The summed E-state index contributed by atoms with van der Waals surface area (Å²) in [5.41, 5.74) is -2.82. The van der Waals surface area contributed by atoms with E-state index in [1.807, 2.05) is 0 Å². The molecule has 0 aliphatic carbocycles. The molecule has 1 N–H and O–H groups in total. The predicted molar refractivity (Wildman–Crippen MR) is 66.9 cm³/mol. The zero-order valence-electron chi connectivity index (χ0n) is 11.3. The molecule has 2 rings (SSSR count). The molecule has 9 heteroatoms. The van der Waals surface area contributed by atoms with E-state index in [1.165, 1.54) is 13.0 Å². The fourth-order valence-electron chi connectivity index (χ4n) is 1.94. The number of furan rings is 1. The molecule has 0 bridgehead atoms. The highest BCUT2D eigenvalue weighted by Crippen LogP contribution is 2.46. The van der Waals surface area contributed by atoms with Crippen molar-refractivity contribution in [3.63, 3.8) is 0 Å². The molecule has 120 valence electrons. The minimum Gasteiger partial charge on any atom is -0.464 e. The summed E-state index contributed by atoms with van der Waals surface area (Å²) in [6.07, 6.45) is -5.86. The Morgan fingerprint density at radius 1 is 1.05 bits per heavy atom. The van der Waals surface area contributed by atoms with Gasteiger partial charge in [-0.2, -0.15) is 22.0 Å². The van der Waals surface area contributed by atoms with E-state index < -0.39 is 40.4 Å². The minimum atomic E-state index is -5.86. The molecule has 0 saturated carbocycles. The Morgan fingerprint density at radius 3 is 2.05 bits per heavy atom. The average molecular weight is 323 g/mol. The normalized spacial score (nSPS) is 14.3. The van der Waals surface area contributed by atoms with E-state index in [0.717, 1.165) is 13.0 Å². The number of halogens is 5. The van der Waals surface area contributed by atoms with E-state index in [0.29, 0.717) is 0 Å². The number of rotatable bonds is 4. The molecule has 22 heavy (non-hydrogen) atoms. The molecular weight excluding hydrogens is 313 g/mol. The first-order valence-corrected chi connectivity index (χ1v) is 6.04. The third-order valence-corrected chi connectivity index (χ3v) is 3.22. The standard InChI is InChI=1S/C13H10F5NO3/c1-5-3-4-7(22-5)11(12(14,15)13(16,17)18)19-8-6(2)9(20)10(8)21/h3-4,11,19H,1-2H3/t11-/m0/s1. The lowest BCUT2D eigenvalue weighted by atomic mass is 10.0. The third-order valence-electron chi connectivity index (χ3n) is 3.22. The molecule has 0 aliphatic heterocycles. The molecule has 2 aromatic rings. The van der Waals surface area contributed by atoms with Gasteiger partial charge in [0.15, 0.2) is 6.04 Å². The van der Waals surface area contributed by atoms with Crippen molar-refractivity contribution in [3.05, 3.63) is 49.7 Å². The molecule has 0 spiro atoms. The van der Waals surface area contributed by atoms with E-state index in [1.54, 1.807) is 5.32 Å². The number of hydrogen-bond donors (Lipinski definition) is 1. The Hall–Kier alpha value is -2.19. The Bertz CT molecular complexity index is 767. The molecule has 1 aromatic carbocycles. The summed E-state index contributed by atoms with van der Waals surface area (Å²) >= 11 is 0. The van der Waals surface area contributed by atoms with Gasteiger partial charge in [0.1, 0.15) is 11.5 Å². The number of alkyl halides is 5. The van der Waals surface area contributed by atoms with Gasteiger partial charge >= 0.3 is 12.1 Å². The van der Waals surface area contributed by atoms with Crippen molar-refractivity contribution in [3.8, 4) is 0 Å². The molecule has 0 saturated heterocycles. The van der Waals surface area contributed by atoms with Gasteiger partial charge in [0, 0.05) is 5.56 Å². The van der Waals surface area contributed by atoms with Gasteiger partial charge < -0.3 is 9.73 Å². The van der Waals surface area contributed by atoms with E-state index >= 15 is 0 Å². The highest BCUT2D eigenvalue weighted by molar-refractivity contribution is 5.57. The first kappa shape index (κ1) is 16.2. The van der Waals surface area contributed by atoms with Crippen molar-refractivity contribution in [2.45, 2.75) is 32.0 Å². The Kier molecular flexibility index (Phi) is 3.62. The van der Waals surface area contributed by atoms with Crippen molar-refractivity contribution in [2.75, 3.05) is 5.32 Å². The van der Waals surface area contributed by atoms with Crippen molar-refractivity contribution in [2.24, 2.45) is 0 Å². The van der Waals surface area contributed by atoms with Crippen molar-refractivity contribution in [1.82, 2.24) is 0 Å². The lowest BCUT2D eigenvalue weighted by Gasteiger charge is -2.29. The van der Waals surface area contributed by atoms with E-state index in [2.05, 4.69) is 0 Å². The largest absolute Gasteiger partial charge is 0.464 e. The summed E-state index contributed by atoms with van der Waals surface area (Å²) in [4.78, 5) is 22.4. The first-order chi connectivity index (χ1) is 9.96. The van der Waals surface area contributed by atoms with Crippen LogP contribution in [0.4, 0.5) is 27.6 Å². The van der Waals surface area contributed by atoms with E-state index in [9.17, 15) is 31.5 Å². The van der Waals surface area contributed by atoms with Crippen LogP contribution in [0.15, 0.2) is 26.1 Å². The smallest absolute Gasteiger partial charge is 0.456 e. The SMILES string of the molecule is Cc1ccc([C@H](Nc2c(C)c(=O)c2=O)C(F)(F)C(F)(F)F)o1. The Labute approximate surface area is 120 Å². The maximum atomic E-state index is 13.7. The number of aryl methyl sites for hydroxylation is 1.